The van der Waals surface area contributed by atoms with Gasteiger partial charge in [0.05, 0.1) is 10.9 Å². The maximum Gasteiger partial charge on any atom is 0.268 e. The molecule has 4 heteroatoms. The second kappa shape index (κ2) is 7.38. The van der Waals surface area contributed by atoms with Crippen LogP contribution in [0.4, 0.5) is 0 Å². The third-order valence-corrected chi connectivity index (χ3v) is 4.53. The smallest absolute Gasteiger partial charge is 0.268 e. The molecule has 4 rings (SSSR count). The largest absolute Gasteiger partial charge is 0.274 e. The molecule has 0 aliphatic carbocycles. The SMILES string of the molecule is O=C(CCc1ccccc1)n1c(-c2ccccc2)nc2ccccc2c1=O. The standard InChI is InChI=1S/C23H18N2O2/c26-21(16-15-17-9-3-1-4-10-17)25-22(18-11-5-2-6-12-18)24-20-14-8-7-13-19(20)23(25)27/h1-14H,15-16H2. The summed E-state index contributed by atoms with van der Waals surface area (Å²) in [5.41, 5.74) is 2.08. The molecule has 4 aromatic rings. The third kappa shape index (κ3) is 3.42. The summed E-state index contributed by atoms with van der Waals surface area (Å²) in [6.45, 7) is 0. The van der Waals surface area contributed by atoms with Crippen LogP contribution in [-0.4, -0.2) is 15.5 Å². The molecular weight excluding hydrogens is 336 g/mol. The van der Waals surface area contributed by atoms with Gasteiger partial charge in [-0.3, -0.25) is 9.59 Å². The molecule has 0 fully saturated rings. The Morgan fingerprint density at radius 2 is 1.44 bits per heavy atom. The summed E-state index contributed by atoms with van der Waals surface area (Å²) in [5.74, 6) is 0.137. The van der Waals surface area contributed by atoms with Gasteiger partial charge in [0.15, 0.2) is 0 Å². The van der Waals surface area contributed by atoms with Gasteiger partial charge in [-0.1, -0.05) is 72.8 Å². The van der Waals surface area contributed by atoms with Crippen LogP contribution in [0.3, 0.4) is 0 Å². The van der Waals surface area contributed by atoms with Gasteiger partial charge in [-0.05, 0) is 24.1 Å². The van der Waals surface area contributed by atoms with Crippen LogP contribution in [-0.2, 0) is 6.42 Å². The van der Waals surface area contributed by atoms with Gasteiger partial charge in [-0.2, -0.15) is 0 Å². The molecule has 0 radical (unpaired) electrons. The molecule has 0 spiro atoms. The minimum atomic E-state index is -0.322. The summed E-state index contributed by atoms with van der Waals surface area (Å²) < 4.78 is 1.22. The monoisotopic (exact) mass is 354 g/mol. The van der Waals surface area contributed by atoms with Gasteiger partial charge in [-0.15, -0.1) is 0 Å². The lowest BCUT2D eigenvalue weighted by Gasteiger charge is -2.12. The maximum atomic E-state index is 13.1. The molecule has 0 amide bonds. The normalized spacial score (nSPS) is 10.8. The van der Waals surface area contributed by atoms with E-state index in [9.17, 15) is 9.59 Å². The molecule has 0 unspecified atom stereocenters. The van der Waals surface area contributed by atoms with Crippen LogP contribution in [0.5, 0.6) is 0 Å². The van der Waals surface area contributed by atoms with Gasteiger partial charge >= 0.3 is 0 Å². The average Bonchev–Trinajstić information content (AvgIpc) is 2.73. The van der Waals surface area contributed by atoms with Crippen molar-refractivity contribution in [1.29, 1.82) is 0 Å². The van der Waals surface area contributed by atoms with Crippen LogP contribution in [0.25, 0.3) is 22.3 Å². The predicted octanol–water partition coefficient (Wildman–Crippen LogP) is 4.34. The number of fused-ring (bicyclic) bond motifs is 1. The van der Waals surface area contributed by atoms with E-state index in [2.05, 4.69) is 4.98 Å². The Morgan fingerprint density at radius 3 is 2.19 bits per heavy atom. The van der Waals surface area contributed by atoms with Gasteiger partial charge < -0.3 is 0 Å². The summed E-state index contributed by atoms with van der Waals surface area (Å²) >= 11 is 0. The van der Waals surface area contributed by atoms with Crippen molar-refractivity contribution in [3.63, 3.8) is 0 Å². The number of hydrogen-bond donors (Lipinski definition) is 0. The van der Waals surface area contributed by atoms with Crippen molar-refractivity contribution in [3.05, 3.63) is 101 Å². The third-order valence-electron chi connectivity index (χ3n) is 4.53. The average molecular weight is 354 g/mol. The first-order valence-electron chi connectivity index (χ1n) is 8.88. The number of para-hydroxylation sites is 1. The molecule has 132 valence electrons. The van der Waals surface area contributed by atoms with Crippen LogP contribution in [0, 0.1) is 0 Å². The quantitative estimate of drug-likeness (QED) is 0.548. The van der Waals surface area contributed by atoms with Gasteiger partial charge in [-0.25, -0.2) is 9.55 Å². The number of carbonyl (C=O) groups excluding carboxylic acids is 1. The Kier molecular flexibility index (Phi) is 4.62. The number of carbonyl (C=O) groups is 1. The van der Waals surface area contributed by atoms with E-state index in [0.29, 0.717) is 23.1 Å². The second-order valence-electron chi connectivity index (χ2n) is 6.34. The summed E-state index contributed by atoms with van der Waals surface area (Å²) in [6.07, 6.45) is 0.816. The molecular formula is C23H18N2O2. The number of hydrogen-bond acceptors (Lipinski definition) is 3. The van der Waals surface area contributed by atoms with E-state index in [1.165, 1.54) is 4.57 Å². The second-order valence-corrected chi connectivity index (χ2v) is 6.34. The zero-order chi connectivity index (χ0) is 18.6. The molecule has 4 nitrogen and oxygen atoms in total. The van der Waals surface area contributed by atoms with Crippen molar-refractivity contribution < 1.29 is 4.79 Å². The van der Waals surface area contributed by atoms with Gasteiger partial charge in [0, 0.05) is 12.0 Å². The van der Waals surface area contributed by atoms with E-state index >= 15 is 0 Å². The first-order valence-corrected chi connectivity index (χ1v) is 8.88. The lowest BCUT2D eigenvalue weighted by atomic mass is 10.1. The Bertz CT molecular complexity index is 1150. The fraction of sp³-hybridized carbons (Fsp3) is 0.0870. The minimum Gasteiger partial charge on any atom is -0.274 e. The predicted molar refractivity (Wildman–Crippen MR) is 107 cm³/mol. The Hall–Kier alpha value is -3.53. The van der Waals surface area contributed by atoms with Crippen molar-refractivity contribution in [2.45, 2.75) is 12.8 Å². The highest BCUT2D eigenvalue weighted by Crippen LogP contribution is 2.19. The molecule has 0 atom stereocenters. The molecule has 27 heavy (non-hydrogen) atoms. The highest BCUT2D eigenvalue weighted by Gasteiger charge is 2.18. The number of nitrogens with zero attached hydrogens (tertiary/aromatic N) is 2. The Balaban J connectivity index is 1.81. The lowest BCUT2D eigenvalue weighted by molar-refractivity contribution is 0.0900. The number of rotatable bonds is 4. The van der Waals surface area contributed by atoms with E-state index in [0.717, 1.165) is 11.1 Å². The van der Waals surface area contributed by atoms with Crippen molar-refractivity contribution >= 4 is 16.8 Å². The molecule has 0 aliphatic rings. The van der Waals surface area contributed by atoms with Gasteiger partial charge in [0.2, 0.25) is 5.91 Å². The molecule has 0 saturated carbocycles. The molecule has 0 aliphatic heterocycles. The van der Waals surface area contributed by atoms with Crippen molar-refractivity contribution in [1.82, 2.24) is 9.55 Å². The topological polar surface area (TPSA) is 52.0 Å². The molecule has 0 bridgehead atoms. The molecule has 1 aromatic heterocycles. The zero-order valence-electron chi connectivity index (χ0n) is 14.7. The van der Waals surface area contributed by atoms with Crippen LogP contribution in [0.2, 0.25) is 0 Å². The fourth-order valence-electron chi connectivity index (χ4n) is 3.15. The Labute approximate surface area is 156 Å². The van der Waals surface area contributed by atoms with Gasteiger partial charge in [0.25, 0.3) is 5.56 Å². The van der Waals surface area contributed by atoms with Crippen molar-refractivity contribution in [3.8, 4) is 11.4 Å². The van der Waals surface area contributed by atoms with Gasteiger partial charge in [0.1, 0.15) is 5.82 Å². The first kappa shape index (κ1) is 16.9. The number of aryl methyl sites for hydroxylation is 1. The first-order chi connectivity index (χ1) is 13.2. The van der Waals surface area contributed by atoms with E-state index < -0.39 is 0 Å². The number of aromatic nitrogens is 2. The fourth-order valence-corrected chi connectivity index (χ4v) is 3.15. The molecule has 1 heterocycles. The van der Waals surface area contributed by atoms with E-state index in [-0.39, 0.29) is 17.9 Å². The van der Waals surface area contributed by atoms with Crippen molar-refractivity contribution in [2.75, 3.05) is 0 Å². The summed E-state index contributed by atoms with van der Waals surface area (Å²) in [4.78, 5) is 30.7. The summed E-state index contributed by atoms with van der Waals surface area (Å²) in [6, 6.07) is 26.3. The van der Waals surface area contributed by atoms with E-state index in [1.54, 1.807) is 18.2 Å². The highest BCUT2D eigenvalue weighted by molar-refractivity contribution is 5.88. The molecule has 3 aromatic carbocycles. The summed E-state index contributed by atoms with van der Waals surface area (Å²) in [5, 5.41) is 0.449. The zero-order valence-corrected chi connectivity index (χ0v) is 14.7. The Morgan fingerprint density at radius 1 is 0.815 bits per heavy atom. The van der Waals surface area contributed by atoms with Crippen LogP contribution >= 0.6 is 0 Å². The number of benzene rings is 3. The molecule has 0 N–H and O–H groups in total. The summed E-state index contributed by atoms with van der Waals surface area (Å²) in [7, 11) is 0. The van der Waals surface area contributed by atoms with Crippen molar-refractivity contribution in [2.24, 2.45) is 0 Å². The van der Waals surface area contributed by atoms with Crippen LogP contribution < -0.4 is 5.56 Å². The van der Waals surface area contributed by atoms with E-state index in [4.69, 9.17) is 0 Å². The highest BCUT2D eigenvalue weighted by atomic mass is 16.2. The molecule has 0 saturated heterocycles. The van der Waals surface area contributed by atoms with Crippen LogP contribution in [0.1, 0.15) is 16.8 Å². The van der Waals surface area contributed by atoms with Crippen LogP contribution in [0.15, 0.2) is 89.7 Å². The minimum absolute atomic E-state index is 0.240. The van der Waals surface area contributed by atoms with E-state index in [1.807, 2.05) is 66.7 Å². The lowest BCUT2D eigenvalue weighted by Crippen LogP contribution is -2.29. The maximum absolute atomic E-state index is 13.1.